The van der Waals surface area contributed by atoms with Gasteiger partial charge in [-0.2, -0.15) is 0 Å². The number of imidazole rings is 1. The van der Waals surface area contributed by atoms with Gasteiger partial charge in [-0.3, -0.25) is 0 Å². The predicted octanol–water partition coefficient (Wildman–Crippen LogP) is 5.14. The normalized spacial score (nSPS) is 24.5. The third kappa shape index (κ3) is 3.65. The van der Waals surface area contributed by atoms with Crippen molar-refractivity contribution in [3.8, 4) is 16.9 Å². The summed E-state index contributed by atoms with van der Waals surface area (Å²) in [6.45, 7) is 10.0. The highest BCUT2D eigenvalue weighted by atomic mass is 16.5. The first-order valence-corrected chi connectivity index (χ1v) is 12.2. The molecule has 2 aliphatic heterocycles. The molecule has 2 aromatic carbocycles. The van der Waals surface area contributed by atoms with Crippen LogP contribution in [0, 0.1) is 31.6 Å². The largest absolute Gasteiger partial charge is 0.491 e. The van der Waals surface area contributed by atoms with Crippen molar-refractivity contribution in [2.45, 2.75) is 40.2 Å². The zero-order valence-electron chi connectivity index (χ0n) is 19.7. The predicted molar refractivity (Wildman–Crippen MR) is 129 cm³/mol. The number of carbonyl (C=O) groups excluding carboxylic acids is 1. The number of hydrogen-bond donors (Lipinski definition) is 1. The molecule has 2 amide bonds. The van der Waals surface area contributed by atoms with Crippen LogP contribution in [0.4, 0.5) is 4.79 Å². The van der Waals surface area contributed by atoms with Gasteiger partial charge < -0.3 is 19.5 Å². The maximum atomic E-state index is 13.4. The third-order valence-electron chi connectivity index (χ3n) is 7.78. The summed E-state index contributed by atoms with van der Waals surface area (Å²) in [5, 5.41) is 0. The van der Waals surface area contributed by atoms with Gasteiger partial charge in [0.15, 0.2) is 0 Å². The Balaban J connectivity index is 1.27. The van der Waals surface area contributed by atoms with Gasteiger partial charge >= 0.3 is 6.03 Å². The van der Waals surface area contributed by atoms with Crippen LogP contribution in [-0.4, -0.2) is 52.0 Å². The molecule has 0 radical (unpaired) electrons. The molecule has 1 saturated carbocycles. The fourth-order valence-electron chi connectivity index (χ4n) is 6.32. The summed E-state index contributed by atoms with van der Waals surface area (Å²) >= 11 is 0. The van der Waals surface area contributed by atoms with Gasteiger partial charge in [-0.15, -0.1) is 0 Å². The first-order chi connectivity index (χ1) is 15.9. The summed E-state index contributed by atoms with van der Waals surface area (Å²) < 4.78 is 6.15. The van der Waals surface area contributed by atoms with Crippen LogP contribution in [0.3, 0.4) is 0 Å². The van der Waals surface area contributed by atoms with E-state index >= 15 is 0 Å². The molecule has 6 rings (SSSR count). The lowest BCUT2D eigenvalue weighted by atomic mass is 9.98. The highest BCUT2D eigenvalue weighted by Crippen LogP contribution is 2.42. The van der Waals surface area contributed by atoms with Gasteiger partial charge in [0.25, 0.3) is 0 Å². The molecule has 6 nitrogen and oxygen atoms in total. The number of nitrogens with one attached hydrogen (secondary N) is 1. The minimum atomic E-state index is 0.172. The van der Waals surface area contributed by atoms with Gasteiger partial charge in [-0.05, 0) is 85.4 Å². The van der Waals surface area contributed by atoms with E-state index in [2.05, 4.69) is 59.0 Å². The van der Waals surface area contributed by atoms with Gasteiger partial charge in [-0.1, -0.05) is 13.0 Å². The van der Waals surface area contributed by atoms with Crippen LogP contribution in [0.1, 0.15) is 36.7 Å². The van der Waals surface area contributed by atoms with Crippen LogP contribution in [0.25, 0.3) is 22.2 Å². The summed E-state index contributed by atoms with van der Waals surface area (Å²) in [5.41, 5.74) is 6.50. The Labute approximate surface area is 194 Å². The molecule has 2 fully saturated rings. The number of amides is 2. The number of hydrogen-bond acceptors (Lipinski definition) is 3. The van der Waals surface area contributed by atoms with E-state index in [0.717, 1.165) is 63.9 Å². The molecule has 1 N–H and O–H groups in total. The highest BCUT2D eigenvalue weighted by Gasteiger charge is 2.42. The Kier molecular flexibility index (Phi) is 4.86. The second kappa shape index (κ2) is 7.79. The monoisotopic (exact) mass is 444 g/mol. The van der Waals surface area contributed by atoms with Crippen molar-refractivity contribution in [3.63, 3.8) is 0 Å². The topological polar surface area (TPSA) is 61.5 Å². The van der Waals surface area contributed by atoms with Crippen molar-refractivity contribution in [1.82, 2.24) is 19.8 Å². The van der Waals surface area contributed by atoms with E-state index in [1.165, 1.54) is 12.8 Å². The van der Waals surface area contributed by atoms with Gasteiger partial charge in [0.2, 0.25) is 0 Å². The summed E-state index contributed by atoms with van der Waals surface area (Å²) in [6.07, 6.45) is 2.53. The molecule has 1 saturated heterocycles. The smallest absolute Gasteiger partial charge is 0.320 e. The van der Waals surface area contributed by atoms with E-state index in [4.69, 9.17) is 4.74 Å². The van der Waals surface area contributed by atoms with Crippen molar-refractivity contribution in [3.05, 3.63) is 47.3 Å². The number of carbonyl (C=O) groups is 1. The van der Waals surface area contributed by atoms with Crippen LogP contribution in [0.15, 0.2) is 30.3 Å². The van der Waals surface area contributed by atoms with Gasteiger partial charge in [-0.25, -0.2) is 9.78 Å². The lowest BCUT2D eigenvalue weighted by molar-refractivity contribution is 0.151. The minimum Gasteiger partial charge on any atom is -0.491 e. The minimum absolute atomic E-state index is 0.172. The maximum Gasteiger partial charge on any atom is 0.320 e. The molecule has 0 spiro atoms. The van der Waals surface area contributed by atoms with E-state index < -0.39 is 0 Å². The number of fused-ring (bicyclic) bond motifs is 3. The molecule has 6 heteroatoms. The number of H-pyrrole nitrogens is 1. The number of rotatable bonds is 1. The van der Waals surface area contributed by atoms with Crippen LogP contribution in [-0.2, 0) is 6.54 Å². The summed E-state index contributed by atoms with van der Waals surface area (Å²) in [7, 11) is 0. The van der Waals surface area contributed by atoms with Crippen LogP contribution in [0.5, 0.6) is 5.75 Å². The standard InChI is InChI=1S/C27H32N4O2/c1-16-8-21-13-31(14-22(21)9-16)27(32)30-6-7-33-26-17(2)10-20(11-23(26)15-30)19-4-5-24-25(12-19)29-18(3)28-24/h4-5,10-12,16,21-22H,6-9,13-15H2,1-3H3,(H,28,29). The second-order valence-corrected chi connectivity index (χ2v) is 10.4. The SMILES string of the molecule is Cc1nc2ccc(-c3cc(C)c4c(c3)CN(C(=O)N3CC5CC(C)CC5C3)CCO4)cc2[nH]1. The zero-order chi connectivity index (χ0) is 22.7. The molecular formula is C27H32N4O2. The number of benzene rings is 2. The molecule has 3 aromatic rings. The number of aromatic amines is 1. The lowest BCUT2D eigenvalue weighted by Crippen LogP contribution is -2.43. The molecule has 3 heterocycles. The van der Waals surface area contributed by atoms with Gasteiger partial charge in [0.1, 0.15) is 18.2 Å². The molecule has 0 bridgehead atoms. The molecule has 2 unspecified atom stereocenters. The molecule has 172 valence electrons. The highest BCUT2D eigenvalue weighted by molar-refractivity contribution is 5.82. The van der Waals surface area contributed by atoms with Crippen molar-refractivity contribution in [2.75, 3.05) is 26.2 Å². The van der Waals surface area contributed by atoms with Gasteiger partial charge in [0, 0.05) is 18.7 Å². The Hall–Kier alpha value is -3.02. The number of urea groups is 1. The van der Waals surface area contributed by atoms with Crippen molar-refractivity contribution < 1.29 is 9.53 Å². The Bertz CT molecular complexity index is 1220. The lowest BCUT2D eigenvalue weighted by Gasteiger charge is -2.27. The van der Waals surface area contributed by atoms with E-state index in [0.29, 0.717) is 31.5 Å². The average molecular weight is 445 g/mol. The number of aryl methyl sites for hydroxylation is 2. The fourth-order valence-corrected chi connectivity index (χ4v) is 6.32. The second-order valence-electron chi connectivity index (χ2n) is 10.4. The molecular weight excluding hydrogens is 412 g/mol. The Morgan fingerprint density at radius 1 is 1.06 bits per heavy atom. The summed E-state index contributed by atoms with van der Waals surface area (Å²) in [4.78, 5) is 25.4. The Morgan fingerprint density at radius 3 is 2.64 bits per heavy atom. The first-order valence-electron chi connectivity index (χ1n) is 12.2. The third-order valence-corrected chi connectivity index (χ3v) is 7.78. The molecule has 2 atom stereocenters. The van der Waals surface area contributed by atoms with Crippen LogP contribution < -0.4 is 4.74 Å². The van der Waals surface area contributed by atoms with Crippen molar-refractivity contribution >= 4 is 17.1 Å². The molecule has 1 aliphatic carbocycles. The number of nitrogens with zero attached hydrogens (tertiary/aromatic N) is 3. The van der Waals surface area contributed by atoms with Crippen molar-refractivity contribution in [1.29, 1.82) is 0 Å². The zero-order valence-corrected chi connectivity index (χ0v) is 19.7. The number of likely N-dealkylation sites (tertiary alicyclic amines) is 1. The molecule has 3 aliphatic rings. The maximum absolute atomic E-state index is 13.4. The molecule has 1 aromatic heterocycles. The Morgan fingerprint density at radius 2 is 1.85 bits per heavy atom. The van der Waals surface area contributed by atoms with Gasteiger partial charge in [0.05, 0.1) is 24.1 Å². The first kappa shape index (κ1) is 20.6. The van der Waals surface area contributed by atoms with E-state index in [1.54, 1.807) is 0 Å². The fraction of sp³-hybridized carbons (Fsp3) is 0.481. The number of ether oxygens (including phenoxy) is 1. The summed E-state index contributed by atoms with van der Waals surface area (Å²) in [5.74, 6) is 4.04. The van der Waals surface area contributed by atoms with Crippen LogP contribution >= 0.6 is 0 Å². The summed E-state index contributed by atoms with van der Waals surface area (Å²) in [6, 6.07) is 10.9. The van der Waals surface area contributed by atoms with Crippen molar-refractivity contribution in [2.24, 2.45) is 17.8 Å². The average Bonchev–Trinajstić information content (AvgIpc) is 3.39. The quantitative estimate of drug-likeness (QED) is 0.565. The molecule has 33 heavy (non-hydrogen) atoms. The van der Waals surface area contributed by atoms with E-state index in [1.807, 2.05) is 11.8 Å². The van der Waals surface area contributed by atoms with Crippen LogP contribution in [0.2, 0.25) is 0 Å². The number of aromatic nitrogens is 2. The van der Waals surface area contributed by atoms with E-state index in [9.17, 15) is 4.79 Å². The van der Waals surface area contributed by atoms with E-state index in [-0.39, 0.29) is 6.03 Å².